The first kappa shape index (κ1) is 13.6. The SMILES string of the molecule is COCC(C)CNCC1CCCc2ccccc21. The Morgan fingerprint density at radius 2 is 2.22 bits per heavy atom. The summed E-state index contributed by atoms with van der Waals surface area (Å²) in [6.07, 6.45) is 3.91. The van der Waals surface area contributed by atoms with E-state index in [0.717, 1.165) is 19.7 Å². The third-order valence-corrected chi connectivity index (χ3v) is 3.83. The molecule has 1 aromatic rings. The van der Waals surface area contributed by atoms with Gasteiger partial charge in [-0.1, -0.05) is 31.2 Å². The zero-order valence-corrected chi connectivity index (χ0v) is 11.6. The maximum atomic E-state index is 5.16. The predicted octanol–water partition coefficient (Wildman–Crippen LogP) is 2.98. The minimum Gasteiger partial charge on any atom is -0.384 e. The van der Waals surface area contributed by atoms with Gasteiger partial charge in [0.15, 0.2) is 0 Å². The summed E-state index contributed by atoms with van der Waals surface area (Å²) in [6.45, 7) is 5.22. The zero-order valence-electron chi connectivity index (χ0n) is 11.6. The van der Waals surface area contributed by atoms with Crippen LogP contribution in [0.1, 0.15) is 36.8 Å². The Morgan fingerprint density at radius 3 is 3.06 bits per heavy atom. The molecular formula is C16H25NO. The van der Waals surface area contributed by atoms with Crippen molar-refractivity contribution in [3.63, 3.8) is 0 Å². The second kappa shape index (κ2) is 6.91. The van der Waals surface area contributed by atoms with Crippen LogP contribution >= 0.6 is 0 Å². The van der Waals surface area contributed by atoms with Crippen molar-refractivity contribution >= 4 is 0 Å². The molecule has 18 heavy (non-hydrogen) atoms. The lowest BCUT2D eigenvalue weighted by molar-refractivity contribution is 0.158. The van der Waals surface area contributed by atoms with E-state index in [2.05, 4.69) is 36.5 Å². The molecule has 1 aliphatic rings. The van der Waals surface area contributed by atoms with Gasteiger partial charge in [0.1, 0.15) is 0 Å². The molecule has 1 aromatic carbocycles. The van der Waals surface area contributed by atoms with Crippen molar-refractivity contribution in [3.05, 3.63) is 35.4 Å². The number of hydrogen-bond donors (Lipinski definition) is 1. The Morgan fingerprint density at radius 1 is 1.39 bits per heavy atom. The third-order valence-electron chi connectivity index (χ3n) is 3.83. The number of nitrogens with one attached hydrogen (secondary N) is 1. The summed E-state index contributed by atoms with van der Waals surface area (Å²) in [5.41, 5.74) is 3.12. The van der Waals surface area contributed by atoms with E-state index in [4.69, 9.17) is 4.74 Å². The molecule has 2 unspecified atom stereocenters. The van der Waals surface area contributed by atoms with Crippen LogP contribution in [0, 0.1) is 5.92 Å². The first-order valence-electron chi connectivity index (χ1n) is 7.08. The van der Waals surface area contributed by atoms with Crippen molar-refractivity contribution in [3.8, 4) is 0 Å². The maximum Gasteiger partial charge on any atom is 0.0499 e. The summed E-state index contributed by atoms with van der Waals surface area (Å²) in [5.74, 6) is 1.29. The van der Waals surface area contributed by atoms with Gasteiger partial charge in [0, 0.05) is 20.3 Å². The molecular weight excluding hydrogens is 222 g/mol. The fourth-order valence-electron chi connectivity index (χ4n) is 2.91. The molecule has 0 fully saturated rings. The molecule has 0 amide bonds. The van der Waals surface area contributed by atoms with Crippen LogP contribution < -0.4 is 5.32 Å². The molecule has 0 saturated heterocycles. The highest BCUT2D eigenvalue weighted by molar-refractivity contribution is 5.32. The standard InChI is InChI=1S/C16H25NO/c1-13(12-18-2)10-17-11-15-8-5-7-14-6-3-4-9-16(14)15/h3-4,6,9,13,15,17H,5,7-8,10-12H2,1-2H3. The molecule has 0 heterocycles. The highest BCUT2D eigenvalue weighted by atomic mass is 16.5. The monoisotopic (exact) mass is 247 g/mol. The number of methoxy groups -OCH3 is 1. The van der Waals surface area contributed by atoms with Gasteiger partial charge in [-0.15, -0.1) is 0 Å². The van der Waals surface area contributed by atoms with Crippen LogP contribution in [0.3, 0.4) is 0 Å². The summed E-state index contributed by atoms with van der Waals surface area (Å²) in [4.78, 5) is 0. The van der Waals surface area contributed by atoms with Crippen molar-refractivity contribution < 1.29 is 4.74 Å². The van der Waals surface area contributed by atoms with E-state index in [9.17, 15) is 0 Å². The van der Waals surface area contributed by atoms with Crippen molar-refractivity contribution in [1.29, 1.82) is 0 Å². The van der Waals surface area contributed by atoms with Crippen LogP contribution in [0.15, 0.2) is 24.3 Å². The lowest BCUT2D eigenvalue weighted by Gasteiger charge is -2.26. The number of hydrogen-bond acceptors (Lipinski definition) is 2. The summed E-state index contributed by atoms with van der Waals surface area (Å²) in [7, 11) is 1.77. The average molecular weight is 247 g/mol. The number of rotatable bonds is 6. The molecule has 2 atom stereocenters. The fourth-order valence-corrected chi connectivity index (χ4v) is 2.91. The number of aryl methyl sites for hydroxylation is 1. The Balaban J connectivity index is 1.84. The maximum absolute atomic E-state index is 5.16. The summed E-state index contributed by atoms with van der Waals surface area (Å²) in [5, 5.41) is 3.60. The number of fused-ring (bicyclic) bond motifs is 1. The highest BCUT2D eigenvalue weighted by Gasteiger charge is 2.19. The quantitative estimate of drug-likeness (QED) is 0.834. The van der Waals surface area contributed by atoms with Gasteiger partial charge in [0.05, 0.1) is 0 Å². The molecule has 0 bridgehead atoms. The van der Waals surface area contributed by atoms with Gasteiger partial charge in [-0.2, -0.15) is 0 Å². The van der Waals surface area contributed by atoms with Gasteiger partial charge in [0.25, 0.3) is 0 Å². The molecule has 2 rings (SSSR count). The molecule has 0 saturated carbocycles. The molecule has 2 nitrogen and oxygen atoms in total. The van der Waals surface area contributed by atoms with Gasteiger partial charge >= 0.3 is 0 Å². The van der Waals surface area contributed by atoms with E-state index in [1.165, 1.54) is 19.3 Å². The van der Waals surface area contributed by atoms with Crippen LogP contribution in [-0.2, 0) is 11.2 Å². The van der Waals surface area contributed by atoms with Crippen LogP contribution in [0.25, 0.3) is 0 Å². The lowest BCUT2D eigenvalue weighted by Crippen LogP contribution is -2.29. The molecule has 0 spiro atoms. The molecule has 2 heteroatoms. The van der Waals surface area contributed by atoms with E-state index < -0.39 is 0 Å². The van der Waals surface area contributed by atoms with E-state index in [1.54, 1.807) is 18.2 Å². The third kappa shape index (κ3) is 3.56. The van der Waals surface area contributed by atoms with Crippen molar-refractivity contribution in [2.45, 2.75) is 32.1 Å². The Kier molecular flexibility index (Phi) is 5.21. The average Bonchev–Trinajstić information content (AvgIpc) is 2.39. The molecule has 0 aliphatic heterocycles. The predicted molar refractivity (Wildman–Crippen MR) is 76.0 cm³/mol. The normalized spacial score (nSPS) is 20.4. The van der Waals surface area contributed by atoms with E-state index in [1.807, 2.05) is 0 Å². The lowest BCUT2D eigenvalue weighted by atomic mass is 9.83. The molecule has 1 N–H and O–H groups in total. The van der Waals surface area contributed by atoms with Crippen LogP contribution in [0.2, 0.25) is 0 Å². The van der Waals surface area contributed by atoms with E-state index in [0.29, 0.717) is 11.8 Å². The molecule has 1 aliphatic carbocycles. The summed E-state index contributed by atoms with van der Waals surface area (Å²) >= 11 is 0. The minimum absolute atomic E-state index is 0.592. The molecule has 0 aromatic heterocycles. The number of benzene rings is 1. The van der Waals surface area contributed by atoms with Crippen LogP contribution in [0.5, 0.6) is 0 Å². The van der Waals surface area contributed by atoms with Gasteiger partial charge in [-0.25, -0.2) is 0 Å². The van der Waals surface area contributed by atoms with Crippen LogP contribution in [-0.4, -0.2) is 26.8 Å². The molecule has 0 radical (unpaired) electrons. The largest absolute Gasteiger partial charge is 0.384 e. The summed E-state index contributed by atoms with van der Waals surface area (Å²) in [6, 6.07) is 8.93. The second-order valence-corrected chi connectivity index (χ2v) is 5.51. The smallest absolute Gasteiger partial charge is 0.0499 e. The van der Waals surface area contributed by atoms with Crippen molar-refractivity contribution in [2.24, 2.45) is 5.92 Å². The van der Waals surface area contributed by atoms with E-state index in [-0.39, 0.29) is 0 Å². The fraction of sp³-hybridized carbons (Fsp3) is 0.625. The van der Waals surface area contributed by atoms with Gasteiger partial charge in [-0.3, -0.25) is 0 Å². The van der Waals surface area contributed by atoms with Gasteiger partial charge in [0.2, 0.25) is 0 Å². The highest BCUT2D eigenvalue weighted by Crippen LogP contribution is 2.30. The van der Waals surface area contributed by atoms with E-state index >= 15 is 0 Å². The minimum atomic E-state index is 0.592. The first-order valence-corrected chi connectivity index (χ1v) is 7.08. The zero-order chi connectivity index (χ0) is 12.8. The number of ether oxygens (including phenoxy) is 1. The van der Waals surface area contributed by atoms with Crippen molar-refractivity contribution in [1.82, 2.24) is 5.32 Å². The Hall–Kier alpha value is -0.860. The summed E-state index contributed by atoms with van der Waals surface area (Å²) < 4.78 is 5.16. The van der Waals surface area contributed by atoms with Crippen molar-refractivity contribution in [2.75, 3.05) is 26.8 Å². The Bertz CT molecular complexity index is 364. The van der Waals surface area contributed by atoms with Crippen LogP contribution in [0.4, 0.5) is 0 Å². The second-order valence-electron chi connectivity index (χ2n) is 5.51. The molecule has 100 valence electrons. The topological polar surface area (TPSA) is 21.3 Å². The van der Waals surface area contributed by atoms with Gasteiger partial charge in [-0.05, 0) is 48.8 Å². The Labute approximate surface area is 111 Å². The van der Waals surface area contributed by atoms with Gasteiger partial charge < -0.3 is 10.1 Å². The first-order chi connectivity index (χ1) is 8.81.